The Morgan fingerprint density at radius 3 is 2.89 bits per heavy atom. The van der Waals surface area contributed by atoms with Crippen molar-refractivity contribution < 1.29 is 5.11 Å². The van der Waals surface area contributed by atoms with Gasteiger partial charge < -0.3 is 10.4 Å². The molecule has 0 fully saturated rings. The number of benzene rings is 2. The van der Waals surface area contributed by atoms with Crippen molar-refractivity contribution in [1.29, 1.82) is 5.26 Å². The molecule has 0 unspecified atom stereocenters. The third kappa shape index (κ3) is 1.65. The fraction of sp³-hybridized carbons (Fsp3) is 0.188. The van der Waals surface area contributed by atoms with Crippen LogP contribution in [0.25, 0.3) is 16.5 Å². The van der Waals surface area contributed by atoms with E-state index >= 15 is 0 Å². The first kappa shape index (κ1) is 11.6. The highest BCUT2D eigenvalue weighted by Crippen LogP contribution is 2.42. The third-order valence-corrected chi connectivity index (χ3v) is 3.67. The molecular weight excluding hydrogens is 236 g/mol. The number of phenolic OH excluding ortho intramolecular Hbond substituents is 1. The van der Waals surface area contributed by atoms with Gasteiger partial charge in [0, 0.05) is 30.6 Å². The van der Waals surface area contributed by atoms with Crippen LogP contribution in [0.2, 0.25) is 0 Å². The van der Waals surface area contributed by atoms with Crippen molar-refractivity contribution in [1.82, 2.24) is 5.32 Å². The standard InChI is InChI=1S/C16H14N2O/c1-18-13-9-11(7-8-17)12-4-2-3-10-5-6-14(19)16(13)15(10)12/h2-6,9,11,18-19H,7H2,1H3/t11-/m0/s1. The molecule has 2 N–H and O–H groups in total. The SMILES string of the molecule is CNC1=C[C@H](CC#N)c2cccc3ccc(O)c1c23. The van der Waals surface area contributed by atoms with E-state index in [-0.39, 0.29) is 11.7 Å². The van der Waals surface area contributed by atoms with Crippen LogP contribution in [0.4, 0.5) is 0 Å². The Morgan fingerprint density at radius 1 is 1.32 bits per heavy atom. The van der Waals surface area contributed by atoms with Crippen molar-refractivity contribution in [3.8, 4) is 11.8 Å². The first-order valence-electron chi connectivity index (χ1n) is 6.27. The van der Waals surface area contributed by atoms with Gasteiger partial charge >= 0.3 is 0 Å². The summed E-state index contributed by atoms with van der Waals surface area (Å²) in [6.45, 7) is 0. The van der Waals surface area contributed by atoms with E-state index in [0.717, 1.165) is 27.6 Å². The maximum absolute atomic E-state index is 10.1. The second kappa shape index (κ2) is 4.33. The van der Waals surface area contributed by atoms with Gasteiger partial charge in [0.15, 0.2) is 0 Å². The van der Waals surface area contributed by atoms with Crippen molar-refractivity contribution in [2.75, 3.05) is 7.05 Å². The lowest BCUT2D eigenvalue weighted by Crippen LogP contribution is -2.13. The van der Waals surface area contributed by atoms with Crippen molar-refractivity contribution in [3.05, 3.63) is 47.5 Å². The van der Waals surface area contributed by atoms with Gasteiger partial charge in [0.2, 0.25) is 0 Å². The van der Waals surface area contributed by atoms with Gasteiger partial charge in [-0.3, -0.25) is 0 Å². The number of phenols is 1. The number of nitriles is 1. The van der Waals surface area contributed by atoms with Crippen molar-refractivity contribution >= 4 is 16.5 Å². The Hall–Kier alpha value is -2.47. The van der Waals surface area contributed by atoms with E-state index < -0.39 is 0 Å². The molecule has 3 heteroatoms. The lowest BCUT2D eigenvalue weighted by molar-refractivity contribution is 0.474. The molecule has 2 aromatic carbocycles. The van der Waals surface area contributed by atoms with Gasteiger partial charge in [-0.05, 0) is 22.4 Å². The summed E-state index contributed by atoms with van der Waals surface area (Å²) >= 11 is 0. The van der Waals surface area contributed by atoms with Crippen LogP contribution in [0.5, 0.6) is 5.75 Å². The first-order chi connectivity index (χ1) is 9.26. The molecule has 0 saturated carbocycles. The smallest absolute Gasteiger partial charge is 0.125 e. The molecule has 0 radical (unpaired) electrons. The van der Waals surface area contributed by atoms with Crippen molar-refractivity contribution in [3.63, 3.8) is 0 Å². The third-order valence-electron chi connectivity index (χ3n) is 3.67. The lowest BCUT2D eigenvalue weighted by atomic mass is 9.83. The topological polar surface area (TPSA) is 56.0 Å². The van der Waals surface area contributed by atoms with Gasteiger partial charge in [0.1, 0.15) is 5.75 Å². The van der Waals surface area contributed by atoms with Crippen LogP contribution < -0.4 is 5.32 Å². The second-order valence-electron chi connectivity index (χ2n) is 4.70. The molecule has 0 saturated heterocycles. The molecule has 3 rings (SSSR count). The summed E-state index contributed by atoms with van der Waals surface area (Å²) in [6, 6.07) is 11.9. The monoisotopic (exact) mass is 250 g/mol. The van der Waals surface area contributed by atoms with Crippen LogP contribution >= 0.6 is 0 Å². The molecule has 3 nitrogen and oxygen atoms in total. The molecule has 94 valence electrons. The first-order valence-corrected chi connectivity index (χ1v) is 6.27. The summed E-state index contributed by atoms with van der Waals surface area (Å²) in [5.41, 5.74) is 2.84. The van der Waals surface area contributed by atoms with Gasteiger partial charge in [-0.25, -0.2) is 0 Å². The minimum atomic E-state index is 0.0745. The van der Waals surface area contributed by atoms with E-state index in [9.17, 15) is 5.11 Å². The summed E-state index contributed by atoms with van der Waals surface area (Å²) in [7, 11) is 1.83. The molecule has 0 aromatic heterocycles. The predicted octanol–water partition coefficient (Wildman–Crippen LogP) is 3.12. The van der Waals surface area contributed by atoms with Crippen LogP contribution in [-0.4, -0.2) is 12.2 Å². The van der Waals surface area contributed by atoms with Gasteiger partial charge in [-0.1, -0.05) is 30.3 Å². The molecule has 0 bridgehead atoms. The summed E-state index contributed by atoms with van der Waals surface area (Å²) in [6.07, 6.45) is 2.47. The fourth-order valence-corrected chi connectivity index (χ4v) is 2.83. The number of hydrogen-bond acceptors (Lipinski definition) is 3. The van der Waals surface area contributed by atoms with E-state index in [1.54, 1.807) is 6.07 Å². The van der Waals surface area contributed by atoms with Crippen molar-refractivity contribution in [2.45, 2.75) is 12.3 Å². The molecule has 0 aliphatic heterocycles. The number of nitrogens with one attached hydrogen (secondary N) is 1. The summed E-state index contributed by atoms with van der Waals surface area (Å²) < 4.78 is 0. The number of hydrogen-bond donors (Lipinski definition) is 2. The maximum Gasteiger partial charge on any atom is 0.125 e. The van der Waals surface area contributed by atoms with Crippen LogP contribution in [0.3, 0.4) is 0 Å². The van der Waals surface area contributed by atoms with Crippen LogP contribution in [0.15, 0.2) is 36.4 Å². The minimum absolute atomic E-state index is 0.0745. The van der Waals surface area contributed by atoms with E-state index in [4.69, 9.17) is 5.26 Å². The largest absolute Gasteiger partial charge is 0.507 e. The summed E-state index contributed by atoms with van der Waals surface area (Å²) in [5, 5.41) is 24.4. The zero-order chi connectivity index (χ0) is 13.4. The highest BCUT2D eigenvalue weighted by Gasteiger charge is 2.23. The normalized spacial score (nSPS) is 16.8. The molecule has 1 atom stereocenters. The predicted molar refractivity (Wildman–Crippen MR) is 75.6 cm³/mol. The maximum atomic E-state index is 10.1. The van der Waals surface area contributed by atoms with Gasteiger partial charge in [0.05, 0.1) is 6.07 Å². The van der Waals surface area contributed by atoms with E-state index in [2.05, 4.69) is 11.4 Å². The summed E-state index contributed by atoms with van der Waals surface area (Å²) in [4.78, 5) is 0. The average Bonchev–Trinajstić information content (AvgIpc) is 2.44. The Bertz CT molecular complexity index is 725. The zero-order valence-electron chi connectivity index (χ0n) is 10.6. The van der Waals surface area contributed by atoms with E-state index in [0.29, 0.717) is 6.42 Å². The van der Waals surface area contributed by atoms with E-state index in [1.165, 1.54) is 0 Å². The molecule has 1 aliphatic rings. The number of aromatic hydroxyl groups is 1. The van der Waals surface area contributed by atoms with Crippen LogP contribution in [-0.2, 0) is 0 Å². The molecule has 0 heterocycles. The van der Waals surface area contributed by atoms with Gasteiger partial charge in [-0.15, -0.1) is 0 Å². The summed E-state index contributed by atoms with van der Waals surface area (Å²) in [5.74, 6) is 0.349. The zero-order valence-corrected chi connectivity index (χ0v) is 10.6. The number of nitrogens with zero attached hydrogens (tertiary/aromatic N) is 1. The Labute approximate surface area is 111 Å². The Balaban J connectivity index is 2.39. The Kier molecular flexibility index (Phi) is 2.64. The molecule has 0 spiro atoms. The average molecular weight is 250 g/mol. The Morgan fingerprint density at radius 2 is 2.16 bits per heavy atom. The minimum Gasteiger partial charge on any atom is -0.507 e. The highest BCUT2D eigenvalue weighted by atomic mass is 16.3. The van der Waals surface area contributed by atoms with Gasteiger partial charge in [-0.2, -0.15) is 5.26 Å². The lowest BCUT2D eigenvalue weighted by Gasteiger charge is -2.24. The van der Waals surface area contributed by atoms with Gasteiger partial charge in [0.25, 0.3) is 0 Å². The van der Waals surface area contributed by atoms with Crippen LogP contribution in [0, 0.1) is 11.3 Å². The quantitative estimate of drug-likeness (QED) is 0.861. The molecule has 19 heavy (non-hydrogen) atoms. The number of rotatable bonds is 2. The fourth-order valence-electron chi connectivity index (χ4n) is 2.83. The molecule has 0 amide bonds. The second-order valence-corrected chi connectivity index (χ2v) is 4.70. The number of allylic oxidation sites excluding steroid dienone is 1. The molecular formula is C16H14N2O. The van der Waals surface area contributed by atoms with Crippen LogP contribution in [0.1, 0.15) is 23.5 Å². The molecule has 2 aromatic rings. The molecule has 1 aliphatic carbocycles. The van der Waals surface area contributed by atoms with Crippen molar-refractivity contribution in [2.24, 2.45) is 0 Å². The highest BCUT2D eigenvalue weighted by molar-refractivity contribution is 6.00. The van der Waals surface area contributed by atoms with E-state index in [1.807, 2.05) is 37.4 Å².